The quantitative estimate of drug-likeness (QED) is 0.907. The third kappa shape index (κ3) is 3.36. The van der Waals surface area contributed by atoms with Crippen LogP contribution in [0.25, 0.3) is 0 Å². The van der Waals surface area contributed by atoms with E-state index in [-0.39, 0.29) is 18.0 Å². The summed E-state index contributed by atoms with van der Waals surface area (Å²) in [5.74, 6) is -0.481. The van der Waals surface area contributed by atoms with E-state index in [1.807, 2.05) is 13.8 Å². The van der Waals surface area contributed by atoms with Gasteiger partial charge in [-0.1, -0.05) is 35.8 Å². The van der Waals surface area contributed by atoms with E-state index >= 15 is 0 Å². The van der Waals surface area contributed by atoms with Gasteiger partial charge in [-0.15, -0.1) is 0 Å². The minimum Gasteiger partial charge on any atom is -0.319 e. The molecule has 0 fully saturated rings. The Kier molecular flexibility index (Phi) is 4.83. The van der Waals surface area contributed by atoms with Gasteiger partial charge in [-0.05, 0) is 30.5 Å². The van der Waals surface area contributed by atoms with E-state index in [0.717, 1.165) is 0 Å². The van der Waals surface area contributed by atoms with Crippen molar-refractivity contribution < 1.29 is 9.18 Å². The predicted molar refractivity (Wildman–Crippen MR) is 70.3 cm³/mol. The Morgan fingerprint density at radius 2 is 2.00 bits per heavy atom. The number of ketones is 1. The van der Waals surface area contributed by atoms with Gasteiger partial charge >= 0.3 is 0 Å². The van der Waals surface area contributed by atoms with E-state index in [1.165, 1.54) is 6.07 Å². The Morgan fingerprint density at radius 3 is 2.47 bits per heavy atom. The van der Waals surface area contributed by atoms with E-state index in [9.17, 15) is 9.18 Å². The Hall–Kier alpha value is -0.740. The van der Waals surface area contributed by atoms with E-state index in [4.69, 9.17) is 5.73 Å². The summed E-state index contributed by atoms with van der Waals surface area (Å²) in [5.41, 5.74) is 5.55. The van der Waals surface area contributed by atoms with Crippen LogP contribution in [0.2, 0.25) is 0 Å². The first-order chi connectivity index (χ1) is 7.92. The van der Waals surface area contributed by atoms with Gasteiger partial charge < -0.3 is 5.73 Å². The van der Waals surface area contributed by atoms with Crippen LogP contribution in [-0.2, 0) is 11.2 Å². The average molecular weight is 302 g/mol. The molecule has 2 nitrogen and oxygen atoms in total. The van der Waals surface area contributed by atoms with E-state index < -0.39 is 5.54 Å². The van der Waals surface area contributed by atoms with Crippen molar-refractivity contribution >= 4 is 21.7 Å². The fourth-order valence-electron chi connectivity index (χ4n) is 1.66. The molecular weight excluding hydrogens is 285 g/mol. The summed E-state index contributed by atoms with van der Waals surface area (Å²) in [5, 5.41) is 0. The second-order valence-electron chi connectivity index (χ2n) is 4.20. The third-order valence-corrected chi connectivity index (χ3v) is 3.68. The first kappa shape index (κ1) is 14.3. The van der Waals surface area contributed by atoms with Gasteiger partial charge in [0.1, 0.15) is 5.82 Å². The van der Waals surface area contributed by atoms with Crippen LogP contribution in [0, 0.1) is 5.82 Å². The van der Waals surface area contributed by atoms with Crippen molar-refractivity contribution in [3.63, 3.8) is 0 Å². The molecule has 1 rings (SSSR count). The number of halogens is 2. The highest BCUT2D eigenvalue weighted by Gasteiger charge is 2.29. The summed E-state index contributed by atoms with van der Waals surface area (Å²) < 4.78 is 14.2. The second kappa shape index (κ2) is 5.74. The lowest BCUT2D eigenvalue weighted by Gasteiger charge is -2.24. The van der Waals surface area contributed by atoms with Crippen molar-refractivity contribution in [1.29, 1.82) is 0 Å². The molecule has 17 heavy (non-hydrogen) atoms. The molecule has 4 heteroatoms. The molecule has 1 aromatic carbocycles. The summed E-state index contributed by atoms with van der Waals surface area (Å²) in [6.45, 7) is 3.75. The summed E-state index contributed by atoms with van der Waals surface area (Å²) in [6.07, 6.45) is 1.19. The van der Waals surface area contributed by atoms with Crippen LogP contribution in [0.4, 0.5) is 4.39 Å². The molecule has 0 atom stereocenters. The molecule has 0 aromatic heterocycles. The van der Waals surface area contributed by atoms with Crippen LogP contribution in [-0.4, -0.2) is 11.3 Å². The number of hydrogen-bond donors (Lipinski definition) is 1. The Labute approximate surface area is 110 Å². The molecule has 1 aromatic rings. The van der Waals surface area contributed by atoms with Gasteiger partial charge in [-0.2, -0.15) is 0 Å². The lowest BCUT2D eigenvalue weighted by molar-refractivity contribution is -0.123. The number of carbonyl (C=O) groups excluding carboxylic acids is 1. The third-order valence-electron chi connectivity index (χ3n) is 3.18. The molecule has 0 spiro atoms. The molecule has 0 heterocycles. The van der Waals surface area contributed by atoms with Gasteiger partial charge in [0.05, 0.1) is 5.54 Å². The predicted octanol–water partition coefficient (Wildman–Crippen LogP) is 3.22. The number of nitrogens with two attached hydrogens (primary N) is 1. The summed E-state index contributed by atoms with van der Waals surface area (Å²) in [4.78, 5) is 12.0. The summed E-state index contributed by atoms with van der Waals surface area (Å²) in [6, 6.07) is 4.70. The highest BCUT2D eigenvalue weighted by Crippen LogP contribution is 2.20. The molecule has 0 aliphatic heterocycles. The number of rotatable bonds is 5. The molecule has 0 saturated heterocycles. The van der Waals surface area contributed by atoms with E-state index in [0.29, 0.717) is 22.9 Å². The molecule has 0 aliphatic carbocycles. The van der Waals surface area contributed by atoms with Crippen LogP contribution in [0.5, 0.6) is 0 Å². The van der Waals surface area contributed by atoms with Crippen LogP contribution in [0.15, 0.2) is 22.7 Å². The fraction of sp³-hybridized carbons (Fsp3) is 0.462. The highest BCUT2D eigenvalue weighted by molar-refractivity contribution is 9.10. The van der Waals surface area contributed by atoms with Gasteiger partial charge in [0.15, 0.2) is 5.78 Å². The van der Waals surface area contributed by atoms with Crippen molar-refractivity contribution in [2.45, 2.75) is 38.6 Å². The summed E-state index contributed by atoms with van der Waals surface area (Å²) >= 11 is 3.18. The topological polar surface area (TPSA) is 43.1 Å². The molecule has 0 aliphatic rings. The maximum Gasteiger partial charge on any atom is 0.157 e. The first-order valence-electron chi connectivity index (χ1n) is 5.69. The monoisotopic (exact) mass is 301 g/mol. The normalized spacial score (nSPS) is 11.6. The van der Waals surface area contributed by atoms with Gasteiger partial charge in [-0.25, -0.2) is 4.39 Å². The Morgan fingerprint density at radius 1 is 1.41 bits per heavy atom. The fourth-order valence-corrected chi connectivity index (χ4v) is 1.99. The zero-order chi connectivity index (χ0) is 13.1. The number of benzene rings is 1. The van der Waals surface area contributed by atoms with Crippen molar-refractivity contribution in [3.8, 4) is 0 Å². The first-order valence-corrected chi connectivity index (χ1v) is 6.48. The van der Waals surface area contributed by atoms with Crippen LogP contribution < -0.4 is 5.73 Å². The molecule has 0 radical (unpaired) electrons. The smallest absolute Gasteiger partial charge is 0.157 e. The van der Waals surface area contributed by atoms with Crippen LogP contribution >= 0.6 is 15.9 Å². The SMILES string of the molecule is CCC(N)(CC)C(=O)Cc1ccc(Br)cc1F. The molecule has 0 amide bonds. The second-order valence-corrected chi connectivity index (χ2v) is 5.11. The van der Waals surface area contributed by atoms with Crippen molar-refractivity contribution in [3.05, 3.63) is 34.1 Å². The number of Topliss-reactive ketones (excluding diaryl/α,β-unsaturated/α-hetero) is 1. The van der Waals surface area contributed by atoms with Gasteiger partial charge in [0, 0.05) is 10.9 Å². The van der Waals surface area contributed by atoms with Crippen LogP contribution in [0.3, 0.4) is 0 Å². The molecule has 0 unspecified atom stereocenters. The van der Waals surface area contributed by atoms with Gasteiger partial charge in [-0.3, -0.25) is 4.79 Å². The van der Waals surface area contributed by atoms with Gasteiger partial charge in [0.2, 0.25) is 0 Å². The average Bonchev–Trinajstić information content (AvgIpc) is 2.31. The lowest BCUT2D eigenvalue weighted by Crippen LogP contribution is -2.47. The van der Waals surface area contributed by atoms with Crippen LogP contribution in [0.1, 0.15) is 32.3 Å². The lowest BCUT2D eigenvalue weighted by atomic mass is 9.86. The minimum absolute atomic E-state index is 0.0529. The van der Waals surface area contributed by atoms with E-state index in [2.05, 4.69) is 15.9 Å². The Bertz CT molecular complexity index is 416. The maximum absolute atomic E-state index is 13.6. The van der Waals surface area contributed by atoms with Crippen molar-refractivity contribution in [1.82, 2.24) is 0 Å². The Balaban J connectivity index is 2.88. The largest absolute Gasteiger partial charge is 0.319 e. The summed E-state index contributed by atoms with van der Waals surface area (Å²) in [7, 11) is 0. The van der Waals surface area contributed by atoms with Gasteiger partial charge in [0.25, 0.3) is 0 Å². The maximum atomic E-state index is 13.6. The van der Waals surface area contributed by atoms with Crippen molar-refractivity contribution in [2.75, 3.05) is 0 Å². The minimum atomic E-state index is -0.834. The zero-order valence-electron chi connectivity index (χ0n) is 10.1. The zero-order valence-corrected chi connectivity index (χ0v) is 11.7. The molecule has 2 N–H and O–H groups in total. The molecule has 0 bridgehead atoms. The van der Waals surface area contributed by atoms with E-state index in [1.54, 1.807) is 12.1 Å². The highest BCUT2D eigenvalue weighted by atomic mass is 79.9. The molecule has 0 saturated carbocycles. The number of hydrogen-bond acceptors (Lipinski definition) is 2. The van der Waals surface area contributed by atoms with Crippen molar-refractivity contribution in [2.24, 2.45) is 5.73 Å². The standard InChI is InChI=1S/C13H17BrFNO/c1-3-13(16,4-2)12(17)7-9-5-6-10(14)8-11(9)15/h5-6,8H,3-4,7,16H2,1-2H3. The molecular formula is C13H17BrFNO. The molecule has 94 valence electrons. The number of carbonyl (C=O) groups is 1.